The van der Waals surface area contributed by atoms with Crippen molar-refractivity contribution < 1.29 is 9.32 Å². The van der Waals surface area contributed by atoms with Crippen molar-refractivity contribution in [2.24, 2.45) is 5.92 Å². The summed E-state index contributed by atoms with van der Waals surface area (Å²) in [7, 11) is 0. The molecule has 134 valence electrons. The van der Waals surface area contributed by atoms with E-state index in [1.165, 1.54) is 12.8 Å². The average Bonchev–Trinajstić information content (AvgIpc) is 3.35. The third-order valence-electron chi connectivity index (χ3n) is 4.84. The van der Waals surface area contributed by atoms with Crippen molar-refractivity contribution in [3.05, 3.63) is 35.9 Å². The monoisotopic (exact) mass is 341 g/mol. The molecule has 0 N–H and O–H groups in total. The van der Waals surface area contributed by atoms with E-state index in [0.29, 0.717) is 12.5 Å². The van der Waals surface area contributed by atoms with Gasteiger partial charge in [-0.3, -0.25) is 4.79 Å². The smallest absolute Gasteiger partial charge is 0.232 e. The van der Waals surface area contributed by atoms with E-state index in [1.54, 1.807) is 6.92 Å². The molecule has 1 aliphatic carbocycles. The van der Waals surface area contributed by atoms with Crippen LogP contribution in [0.4, 0.5) is 5.88 Å². The van der Waals surface area contributed by atoms with Crippen LogP contribution in [0.1, 0.15) is 39.2 Å². The standard InChI is InChI=1S/C20H27N3O2/c1-4-22(5-2)20-18(14-23(15(3)24)13-16-11-12-16)19(21-25-20)17-9-7-6-8-10-17/h6-10,16H,4-5,11-14H2,1-3H3. The fourth-order valence-corrected chi connectivity index (χ4v) is 3.13. The number of hydrogen-bond donors (Lipinski definition) is 0. The number of aromatic nitrogens is 1. The van der Waals surface area contributed by atoms with E-state index >= 15 is 0 Å². The second-order valence-corrected chi connectivity index (χ2v) is 6.70. The average molecular weight is 341 g/mol. The quantitative estimate of drug-likeness (QED) is 0.729. The molecule has 0 unspecified atom stereocenters. The first kappa shape index (κ1) is 17.5. The number of carbonyl (C=O) groups is 1. The Morgan fingerprint density at radius 1 is 1.20 bits per heavy atom. The zero-order valence-corrected chi connectivity index (χ0v) is 15.4. The van der Waals surface area contributed by atoms with Crippen LogP contribution in [-0.4, -0.2) is 35.6 Å². The summed E-state index contributed by atoms with van der Waals surface area (Å²) >= 11 is 0. The molecular weight excluding hydrogens is 314 g/mol. The van der Waals surface area contributed by atoms with E-state index in [2.05, 4.69) is 23.9 Å². The van der Waals surface area contributed by atoms with E-state index in [1.807, 2.05) is 35.2 Å². The first-order valence-corrected chi connectivity index (χ1v) is 9.18. The Bertz CT molecular complexity index is 703. The maximum absolute atomic E-state index is 12.2. The van der Waals surface area contributed by atoms with Gasteiger partial charge < -0.3 is 14.3 Å². The van der Waals surface area contributed by atoms with Crippen LogP contribution in [0.15, 0.2) is 34.9 Å². The van der Waals surface area contributed by atoms with Gasteiger partial charge in [0.25, 0.3) is 0 Å². The van der Waals surface area contributed by atoms with Crippen LogP contribution < -0.4 is 4.90 Å². The highest BCUT2D eigenvalue weighted by molar-refractivity contribution is 5.75. The van der Waals surface area contributed by atoms with Crippen LogP contribution in [0.3, 0.4) is 0 Å². The molecule has 1 aromatic carbocycles. The fourth-order valence-electron chi connectivity index (χ4n) is 3.13. The van der Waals surface area contributed by atoms with Gasteiger partial charge in [-0.05, 0) is 32.6 Å². The van der Waals surface area contributed by atoms with Crippen molar-refractivity contribution in [1.29, 1.82) is 0 Å². The van der Waals surface area contributed by atoms with Crippen molar-refractivity contribution >= 4 is 11.8 Å². The Kier molecular flexibility index (Phi) is 5.41. The van der Waals surface area contributed by atoms with Gasteiger partial charge in [-0.15, -0.1) is 0 Å². The second-order valence-electron chi connectivity index (χ2n) is 6.70. The first-order valence-electron chi connectivity index (χ1n) is 9.18. The molecule has 3 rings (SSSR count). The van der Waals surface area contributed by atoms with Crippen LogP contribution in [0.2, 0.25) is 0 Å². The molecule has 1 aromatic heterocycles. The molecule has 25 heavy (non-hydrogen) atoms. The molecule has 0 radical (unpaired) electrons. The minimum atomic E-state index is 0.109. The van der Waals surface area contributed by atoms with Gasteiger partial charge in [-0.25, -0.2) is 0 Å². The Morgan fingerprint density at radius 2 is 1.88 bits per heavy atom. The van der Waals surface area contributed by atoms with E-state index in [9.17, 15) is 4.79 Å². The third-order valence-corrected chi connectivity index (χ3v) is 4.84. The summed E-state index contributed by atoms with van der Waals surface area (Å²) in [6.07, 6.45) is 2.45. The Morgan fingerprint density at radius 3 is 2.44 bits per heavy atom. The third kappa shape index (κ3) is 4.03. The summed E-state index contributed by atoms with van der Waals surface area (Å²) in [5.41, 5.74) is 2.87. The topological polar surface area (TPSA) is 49.6 Å². The number of carbonyl (C=O) groups excluding carboxylic acids is 1. The van der Waals surface area contributed by atoms with Gasteiger partial charge in [0.05, 0.1) is 12.1 Å². The molecule has 5 nitrogen and oxygen atoms in total. The maximum Gasteiger partial charge on any atom is 0.232 e. The molecule has 1 aliphatic rings. The second kappa shape index (κ2) is 7.72. The molecule has 0 bridgehead atoms. The first-order chi connectivity index (χ1) is 12.1. The number of nitrogens with zero attached hydrogens (tertiary/aromatic N) is 3. The normalized spacial score (nSPS) is 13.7. The molecule has 5 heteroatoms. The lowest BCUT2D eigenvalue weighted by Gasteiger charge is -2.24. The van der Waals surface area contributed by atoms with Crippen molar-refractivity contribution in [2.45, 2.75) is 40.2 Å². The van der Waals surface area contributed by atoms with Crippen LogP contribution in [0, 0.1) is 5.92 Å². The summed E-state index contributed by atoms with van der Waals surface area (Å²) in [5, 5.41) is 4.36. The maximum atomic E-state index is 12.2. The van der Waals surface area contributed by atoms with Gasteiger partial charge in [0.2, 0.25) is 11.8 Å². The lowest BCUT2D eigenvalue weighted by molar-refractivity contribution is -0.129. The number of amides is 1. The van der Waals surface area contributed by atoms with Crippen molar-refractivity contribution in [2.75, 3.05) is 24.5 Å². The number of rotatable bonds is 8. The molecule has 1 amide bonds. The van der Waals surface area contributed by atoms with Crippen LogP contribution in [-0.2, 0) is 11.3 Å². The van der Waals surface area contributed by atoms with Crippen molar-refractivity contribution in [3.8, 4) is 11.3 Å². The zero-order valence-electron chi connectivity index (χ0n) is 15.4. The van der Waals surface area contributed by atoms with Gasteiger partial charge in [0.1, 0.15) is 5.69 Å². The number of hydrogen-bond acceptors (Lipinski definition) is 4. The summed E-state index contributed by atoms with van der Waals surface area (Å²) in [4.78, 5) is 16.3. The van der Waals surface area contributed by atoms with Gasteiger partial charge in [0, 0.05) is 32.1 Å². The number of anilines is 1. The predicted octanol–water partition coefficient (Wildman–Crippen LogP) is 3.95. The molecule has 0 atom stereocenters. The largest absolute Gasteiger partial charge is 0.341 e. The van der Waals surface area contributed by atoms with E-state index in [-0.39, 0.29) is 5.91 Å². The summed E-state index contributed by atoms with van der Waals surface area (Å²) in [5.74, 6) is 1.55. The Hall–Kier alpha value is -2.30. The van der Waals surface area contributed by atoms with Gasteiger partial charge in [-0.2, -0.15) is 0 Å². The van der Waals surface area contributed by atoms with E-state index in [0.717, 1.165) is 42.3 Å². The van der Waals surface area contributed by atoms with Crippen LogP contribution in [0.5, 0.6) is 0 Å². The Balaban J connectivity index is 1.97. The molecule has 0 aliphatic heterocycles. The molecule has 2 aromatic rings. The van der Waals surface area contributed by atoms with Gasteiger partial charge >= 0.3 is 0 Å². The predicted molar refractivity (Wildman–Crippen MR) is 99.3 cm³/mol. The van der Waals surface area contributed by atoms with Crippen molar-refractivity contribution in [3.63, 3.8) is 0 Å². The highest BCUT2D eigenvalue weighted by Gasteiger charge is 2.29. The molecule has 0 spiro atoms. The van der Waals surface area contributed by atoms with Crippen molar-refractivity contribution in [1.82, 2.24) is 10.1 Å². The summed E-state index contributed by atoms with van der Waals surface area (Å²) < 4.78 is 5.73. The SMILES string of the molecule is CCN(CC)c1onc(-c2ccccc2)c1CN(CC1CC1)C(C)=O. The molecule has 1 fully saturated rings. The highest BCUT2D eigenvalue weighted by Crippen LogP contribution is 2.34. The lowest BCUT2D eigenvalue weighted by atomic mass is 10.1. The number of benzene rings is 1. The molecule has 0 saturated heterocycles. The molecule has 1 heterocycles. The minimum Gasteiger partial charge on any atom is -0.341 e. The van der Waals surface area contributed by atoms with Crippen LogP contribution >= 0.6 is 0 Å². The van der Waals surface area contributed by atoms with Gasteiger partial charge in [0.15, 0.2) is 0 Å². The highest BCUT2D eigenvalue weighted by atomic mass is 16.5. The van der Waals surface area contributed by atoms with E-state index in [4.69, 9.17) is 4.52 Å². The molecule has 1 saturated carbocycles. The zero-order chi connectivity index (χ0) is 17.8. The summed E-state index contributed by atoms with van der Waals surface area (Å²) in [6.45, 7) is 8.91. The summed E-state index contributed by atoms with van der Waals surface area (Å²) in [6, 6.07) is 10.1. The van der Waals surface area contributed by atoms with E-state index < -0.39 is 0 Å². The molecular formula is C20H27N3O2. The van der Waals surface area contributed by atoms with Crippen LogP contribution in [0.25, 0.3) is 11.3 Å². The fraction of sp³-hybridized carbons (Fsp3) is 0.500. The minimum absolute atomic E-state index is 0.109. The Labute approximate surface area is 149 Å². The van der Waals surface area contributed by atoms with Gasteiger partial charge in [-0.1, -0.05) is 35.5 Å². The lowest BCUT2D eigenvalue weighted by Crippen LogP contribution is -2.31.